The molecule has 0 nitrogen and oxygen atoms in total. The van der Waals surface area contributed by atoms with Crippen LogP contribution in [-0.4, -0.2) is 0 Å². The summed E-state index contributed by atoms with van der Waals surface area (Å²) in [5, 5.41) is 0. The fourth-order valence-electron chi connectivity index (χ4n) is 0.927. The highest BCUT2D eigenvalue weighted by Crippen LogP contribution is 2.00. The number of hydrogen-bond acceptors (Lipinski definition) is 0. The Labute approximate surface area is 85.1 Å². The first-order chi connectivity index (χ1) is 6.33. The standard InChI is InChI=1S/C7H16.C6H10/c1-3-5-7-6-4-2;1-3-5-6-4-2/h3-7H2,1-2H3;3-4H2,1-2H3. The van der Waals surface area contributed by atoms with Crippen molar-refractivity contribution in [3.63, 3.8) is 0 Å². The molecule has 0 radical (unpaired) electrons. The molecule has 0 saturated carbocycles. The molecule has 0 rings (SSSR count). The van der Waals surface area contributed by atoms with Gasteiger partial charge in [-0.1, -0.05) is 59.8 Å². The van der Waals surface area contributed by atoms with Crippen LogP contribution < -0.4 is 0 Å². The summed E-state index contributed by atoms with van der Waals surface area (Å²) >= 11 is 0. The van der Waals surface area contributed by atoms with Gasteiger partial charge >= 0.3 is 0 Å². The highest BCUT2D eigenvalue weighted by atomic mass is 13.9. The van der Waals surface area contributed by atoms with E-state index in [9.17, 15) is 0 Å². The van der Waals surface area contributed by atoms with Crippen molar-refractivity contribution in [2.45, 2.75) is 72.6 Å². The molecule has 0 atom stereocenters. The third-order valence-electron chi connectivity index (χ3n) is 1.69. The molecule has 0 heterocycles. The van der Waals surface area contributed by atoms with Crippen molar-refractivity contribution in [1.82, 2.24) is 0 Å². The van der Waals surface area contributed by atoms with Gasteiger partial charge in [0.25, 0.3) is 0 Å². The van der Waals surface area contributed by atoms with Crippen molar-refractivity contribution in [2.24, 2.45) is 0 Å². The minimum Gasteiger partial charge on any atom is -0.104 e. The summed E-state index contributed by atoms with van der Waals surface area (Å²) in [6, 6.07) is 0. The molecule has 0 aliphatic rings. The summed E-state index contributed by atoms with van der Waals surface area (Å²) in [6.07, 6.45) is 9.00. The fraction of sp³-hybridized carbons (Fsp3) is 0.846. The predicted octanol–water partition coefficient (Wildman–Crippen LogP) is 4.79. The summed E-state index contributed by atoms with van der Waals surface area (Å²) in [4.78, 5) is 0. The van der Waals surface area contributed by atoms with Crippen LogP contribution in [0.1, 0.15) is 72.6 Å². The second-order valence-corrected chi connectivity index (χ2v) is 3.12. The third-order valence-corrected chi connectivity index (χ3v) is 1.69. The summed E-state index contributed by atoms with van der Waals surface area (Å²) in [6.45, 7) is 8.61. The van der Waals surface area contributed by atoms with Gasteiger partial charge in [-0.2, -0.15) is 0 Å². The van der Waals surface area contributed by atoms with Gasteiger partial charge in [-0.15, -0.1) is 11.8 Å². The van der Waals surface area contributed by atoms with Crippen LogP contribution in [0.3, 0.4) is 0 Å². The highest BCUT2D eigenvalue weighted by Gasteiger charge is 1.80. The predicted molar refractivity (Wildman–Crippen MR) is 62.8 cm³/mol. The average molecular weight is 182 g/mol. The lowest BCUT2D eigenvalue weighted by Crippen LogP contribution is -1.70. The lowest BCUT2D eigenvalue weighted by molar-refractivity contribution is 0.656. The minimum atomic E-state index is 0.994. The van der Waals surface area contributed by atoms with Gasteiger partial charge in [-0.05, 0) is 0 Å². The number of hydrogen-bond donors (Lipinski definition) is 0. The van der Waals surface area contributed by atoms with Crippen molar-refractivity contribution in [2.75, 3.05) is 0 Å². The van der Waals surface area contributed by atoms with E-state index in [0.29, 0.717) is 0 Å². The molecule has 0 amide bonds. The van der Waals surface area contributed by atoms with Gasteiger partial charge in [0.2, 0.25) is 0 Å². The normalized spacial score (nSPS) is 8.00. The molecule has 0 spiro atoms. The van der Waals surface area contributed by atoms with Crippen LogP contribution in [0.25, 0.3) is 0 Å². The fourth-order valence-corrected chi connectivity index (χ4v) is 0.927. The Kier molecular flexibility index (Phi) is 20.4. The van der Waals surface area contributed by atoms with Gasteiger partial charge in [0.05, 0.1) is 0 Å². The smallest absolute Gasteiger partial charge is 0.00602 e. The van der Waals surface area contributed by atoms with E-state index in [2.05, 4.69) is 39.5 Å². The summed E-state index contributed by atoms with van der Waals surface area (Å²) < 4.78 is 0. The molecule has 0 saturated heterocycles. The molecule has 0 heteroatoms. The zero-order valence-electron chi connectivity index (χ0n) is 9.95. The average Bonchev–Trinajstić information content (AvgIpc) is 2.17. The number of unbranched alkanes of at least 4 members (excludes halogenated alkanes) is 4. The molecule has 0 aromatic heterocycles. The molecule has 0 aliphatic carbocycles. The van der Waals surface area contributed by atoms with Crippen LogP contribution >= 0.6 is 0 Å². The lowest BCUT2D eigenvalue weighted by atomic mass is 10.2. The molecule has 0 aromatic carbocycles. The van der Waals surface area contributed by atoms with E-state index in [1.165, 1.54) is 32.1 Å². The van der Waals surface area contributed by atoms with E-state index < -0.39 is 0 Å². The molecule has 78 valence electrons. The Morgan fingerprint density at radius 1 is 0.615 bits per heavy atom. The molecular formula is C13H26. The Hall–Kier alpha value is -0.440. The second-order valence-electron chi connectivity index (χ2n) is 3.12. The van der Waals surface area contributed by atoms with Gasteiger partial charge in [-0.3, -0.25) is 0 Å². The van der Waals surface area contributed by atoms with Crippen LogP contribution in [0.5, 0.6) is 0 Å². The zero-order chi connectivity index (χ0) is 10.4. The minimum absolute atomic E-state index is 0.994. The molecular weight excluding hydrogens is 156 g/mol. The zero-order valence-corrected chi connectivity index (χ0v) is 9.95. The molecule has 0 bridgehead atoms. The monoisotopic (exact) mass is 182 g/mol. The van der Waals surface area contributed by atoms with E-state index in [1.54, 1.807) is 0 Å². The Morgan fingerprint density at radius 2 is 1.00 bits per heavy atom. The first-order valence-corrected chi connectivity index (χ1v) is 5.79. The lowest BCUT2D eigenvalue weighted by Gasteiger charge is -1.90. The van der Waals surface area contributed by atoms with E-state index in [1.807, 2.05) is 0 Å². The summed E-state index contributed by atoms with van der Waals surface area (Å²) in [5.41, 5.74) is 0. The topological polar surface area (TPSA) is 0 Å². The molecule has 0 aromatic rings. The molecule has 0 aliphatic heterocycles. The van der Waals surface area contributed by atoms with Gasteiger partial charge in [0, 0.05) is 12.8 Å². The first-order valence-electron chi connectivity index (χ1n) is 5.79. The van der Waals surface area contributed by atoms with Crippen molar-refractivity contribution in [3.8, 4) is 11.8 Å². The summed E-state index contributed by atoms with van der Waals surface area (Å²) in [5.74, 6) is 5.90. The first kappa shape index (κ1) is 15.1. The largest absolute Gasteiger partial charge is 0.104 e. The van der Waals surface area contributed by atoms with Crippen LogP contribution in [0, 0.1) is 11.8 Å². The van der Waals surface area contributed by atoms with Gasteiger partial charge in [0.15, 0.2) is 0 Å². The van der Waals surface area contributed by atoms with Crippen molar-refractivity contribution in [1.29, 1.82) is 0 Å². The van der Waals surface area contributed by atoms with E-state index in [-0.39, 0.29) is 0 Å². The van der Waals surface area contributed by atoms with E-state index in [4.69, 9.17) is 0 Å². The van der Waals surface area contributed by atoms with Crippen molar-refractivity contribution < 1.29 is 0 Å². The Bertz CT molecular complexity index is 102. The van der Waals surface area contributed by atoms with E-state index in [0.717, 1.165) is 12.8 Å². The quantitative estimate of drug-likeness (QED) is 0.433. The van der Waals surface area contributed by atoms with E-state index >= 15 is 0 Å². The summed E-state index contributed by atoms with van der Waals surface area (Å²) in [7, 11) is 0. The van der Waals surface area contributed by atoms with Gasteiger partial charge in [0.1, 0.15) is 0 Å². The van der Waals surface area contributed by atoms with Crippen LogP contribution in [0.15, 0.2) is 0 Å². The molecule has 0 N–H and O–H groups in total. The Balaban J connectivity index is 0. The number of rotatable bonds is 4. The SMILES string of the molecule is CCC#CCC.CCCCCCC. The van der Waals surface area contributed by atoms with Gasteiger partial charge in [-0.25, -0.2) is 0 Å². The maximum Gasteiger partial charge on any atom is 0.00602 e. The third kappa shape index (κ3) is 24.6. The second kappa shape index (κ2) is 17.6. The molecule has 13 heavy (non-hydrogen) atoms. The van der Waals surface area contributed by atoms with Crippen LogP contribution in [0.2, 0.25) is 0 Å². The van der Waals surface area contributed by atoms with Crippen molar-refractivity contribution in [3.05, 3.63) is 0 Å². The Morgan fingerprint density at radius 3 is 1.23 bits per heavy atom. The highest BCUT2D eigenvalue weighted by molar-refractivity contribution is 4.96. The maximum atomic E-state index is 2.95. The maximum absolute atomic E-state index is 2.95. The van der Waals surface area contributed by atoms with Crippen molar-refractivity contribution >= 4 is 0 Å². The van der Waals surface area contributed by atoms with Crippen LogP contribution in [-0.2, 0) is 0 Å². The molecule has 0 unspecified atom stereocenters. The van der Waals surface area contributed by atoms with Crippen LogP contribution in [0.4, 0.5) is 0 Å². The molecule has 0 fully saturated rings. The van der Waals surface area contributed by atoms with Gasteiger partial charge < -0.3 is 0 Å².